The number of hydrogen-bond acceptors (Lipinski definition) is 4. The van der Waals surface area contributed by atoms with Crippen LogP contribution in [0.3, 0.4) is 0 Å². The molecule has 3 aromatic rings. The number of benzene rings is 2. The van der Waals surface area contributed by atoms with E-state index in [1.54, 1.807) is 6.07 Å². The Kier molecular flexibility index (Phi) is 4.77. The monoisotopic (exact) mass is 403 g/mol. The summed E-state index contributed by atoms with van der Waals surface area (Å²) in [4.78, 5) is 31.6. The fraction of sp³-hybridized carbons (Fsp3) is 0.375. The maximum absolute atomic E-state index is 12.8. The van der Waals surface area contributed by atoms with Crippen molar-refractivity contribution in [3.63, 3.8) is 0 Å². The molecule has 1 fully saturated rings. The van der Waals surface area contributed by atoms with Gasteiger partial charge in [-0.2, -0.15) is 0 Å². The van der Waals surface area contributed by atoms with E-state index in [9.17, 15) is 9.59 Å². The maximum Gasteiger partial charge on any atom is 0.261 e. The number of carbonyl (C=O) groups is 1. The molecule has 1 saturated heterocycles. The normalized spacial score (nSPS) is 17.5. The minimum absolute atomic E-state index is 0.0844. The number of para-hydroxylation sites is 2. The van der Waals surface area contributed by atoms with Gasteiger partial charge in [-0.05, 0) is 36.6 Å². The van der Waals surface area contributed by atoms with Crippen LogP contribution in [0.25, 0.3) is 10.9 Å². The number of piperidine rings is 1. The smallest absolute Gasteiger partial charge is 0.261 e. The number of amides is 1. The van der Waals surface area contributed by atoms with Crippen molar-refractivity contribution in [1.29, 1.82) is 0 Å². The van der Waals surface area contributed by atoms with Gasteiger partial charge in [0.05, 0.1) is 17.2 Å². The third-order valence-electron chi connectivity index (χ3n) is 6.47. The highest BCUT2D eigenvalue weighted by Gasteiger charge is 2.40. The van der Waals surface area contributed by atoms with Crippen molar-refractivity contribution in [2.75, 3.05) is 13.1 Å². The van der Waals surface area contributed by atoms with Gasteiger partial charge in [0.25, 0.3) is 5.56 Å². The molecule has 0 aliphatic carbocycles. The topological polar surface area (TPSA) is 64.4 Å². The van der Waals surface area contributed by atoms with Crippen molar-refractivity contribution in [1.82, 2.24) is 14.5 Å². The summed E-state index contributed by atoms with van der Waals surface area (Å²) in [5.74, 6) is 1.08. The molecular weight excluding hydrogens is 378 g/mol. The molecule has 30 heavy (non-hydrogen) atoms. The lowest BCUT2D eigenvalue weighted by Crippen LogP contribution is -2.51. The molecule has 0 bridgehead atoms. The minimum atomic E-state index is -0.148. The zero-order valence-corrected chi connectivity index (χ0v) is 16.9. The number of aromatic nitrogens is 2. The average molecular weight is 403 g/mol. The van der Waals surface area contributed by atoms with Crippen LogP contribution in [-0.4, -0.2) is 39.0 Å². The highest BCUT2D eigenvalue weighted by molar-refractivity contribution is 5.77. The lowest BCUT2D eigenvalue weighted by molar-refractivity contribution is -0.135. The highest BCUT2D eigenvalue weighted by Crippen LogP contribution is 2.39. The molecule has 1 spiro atoms. The second-order valence-corrected chi connectivity index (χ2v) is 8.28. The van der Waals surface area contributed by atoms with Crippen LogP contribution >= 0.6 is 0 Å². The molecule has 0 radical (unpaired) electrons. The summed E-state index contributed by atoms with van der Waals surface area (Å²) in [6.45, 7) is 1.75. The van der Waals surface area contributed by atoms with Gasteiger partial charge < -0.3 is 9.64 Å². The van der Waals surface area contributed by atoms with E-state index >= 15 is 0 Å². The predicted octanol–water partition coefficient (Wildman–Crippen LogP) is 3.17. The van der Waals surface area contributed by atoms with E-state index in [1.807, 2.05) is 35.2 Å². The van der Waals surface area contributed by atoms with Crippen LogP contribution in [-0.2, 0) is 17.8 Å². The first-order valence-electron chi connectivity index (χ1n) is 10.6. The Morgan fingerprint density at radius 3 is 2.67 bits per heavy atom. The van der Waals surface area contributed by atoms with Crippen LogP contribution < -0.4 is 10.3 Å². The Bertz CT molecular complexity index is 1150. The largest absolute Gasteiger partial charge is 0.487 e. The number of ether oxygens (including phenoxy) is 1. The lowest BCUT2D eigenvalue weighted by Gasteiger charge is -2.44. The molecule has 5 rings (SSSR count). The molecule has 0 atom stereocenters. The van der Waals surface area contributed by atoms with E-state index in [-0.39, 0.29) is 17.1 Å². The third kappa shape index (κ3) is 3.47. The molecule has 6 nitrogen and oxygen atoms in total. The van der Waals surface area contributed by atoms with Crippen LogP contribution in [0.4, 0.5) is 0 Å². The lowest BCUT2D eigenvalue weighted by atomic mass is 9.83. The van der Waals surface area contributed by atoms with Gasteiger partial charge in [-0.25, -0.2) is 4.98 Å². The summed E-state index contributed by atoms with van der Waals surface area (Å²) in [7, 11) is 0. The summed E-state index contributed by atoms with van der Waals surface area (Å²) in [5, 5.41) is 0.585. The summed E-state index contributed by atoms with van der Waals surface area (Å²) in [5.41, 5.74) is 1.71. The second kappa shape index (κ2) is 7.59. The van der Waals surface area contributed by atoms with Gasteiger partial charge in [0.2, 0.25) is 5.91 Å². The van der Waals surface area contributed by atoms with Crippen LogP contribution in [0.1, 0.15) is 31.2 Å². The number of nitrogens with zero attached hydrogens (tertiary/aromatic N) is 3. The summed E-state index contributed by atoms with van der Waals surface area (Å²) in [6, 6.07) is 15.5. The van der Waals surface area contributed by atoms with E-state index in [0.717, 1.165) is 31.4 Å². The van der Waals surface area contributed by atoms with Gasteiger partial charge >= 0.3 is 0 Å². The Morgan fingerprint density at radius 1 is 1.03 bits per heavy atom. The van der Waals surface area contributed by atoms with Gasteiger partial charge in [-0.1, -0.05) is 30.3 Å². The summed E-state index contributed by atoms with van der Waals surface area (Å²) < 4.78 is 7.92. The first kappa shape index (κ1) is 18.9. The predicted molar refractivity (Wildman–Crippen MR) is 115 cm³/mol. The molecular formula is C24H25N3O3. The standard InChI is InChI=1S/C24H25N3O3/c28-22(10-14-27-17-25-20-7-3-2-6-19(20)23(27)29)26-15-12-24(13-16-26)11-9-18-5-1-4-8-21(18)30-24/h1-8,17H,9-16H2. The van der Waals surface area contributed by atoms with Crippen LogP contribution in [0.2, 0.25) is 0 Å². The number of hydrogen-bond donors (Lipinski definition) is 0. The molecule has 2 aliphatic rings. The molecule has 6 heteroatoms. The molecule has 0 saturated carbocycles. The second-order valence-electron chi connectivity index (χ2n) is 8.28. The quantitative estimate of drug-likeness (QED) is 0.674. The van der Waals surface area contributed by atoms with E-state index in [0.29, 0.717) is 37.0 Å². The van der Waals surface area contributed by atoms with Gasteiger partial charge in [-0.15, -0.1) is 0 Å². The zero-order chi connectivity index (χ0) is 20.6. The molecule has 2 aliphatic heterocycles. The Labute approximate surface area is 175 Å². The van der Waals surface area contributed by atoms with Gasteiger partial charge in [-0.3, -0.25) is 14.2 Å². The maximum atomic E-state index is 12.8. The minimum Gasteiger partial charge on any atom is -0.487 e. The third-order valence-corrected chi connectivity index (χ3v) is 6.47. The van der Waals surface area contributed by atoms with Crippen molar-refractivity contribution in [3.8, 4) is 5.75 Å². The van der Waals surface area contributed by atoms with E-state index in [2.05, 4.69) is 17.1 Å². The van der Waals surface area contributed by atoms with E-state index in [4.69, 9.17) is 4.74 Å². The molecule has 1 amide bonds. The fourth-order valence-corrected chi connectivity index (χ4v) is 4.61. The molecule has 3 heterocycles. The van der Waals surface area contributed by atoms with E-state index in [1.165, 1.54) is 16.5 Å². The zero-order valence-electron chi connectivity index (χ0n) is 16.9. The molecule has 1 aromatic heterocycles. The van der Waals surface area contributed by atoms with E-state index < -0.39 is 0 Å². The first-order valence-corrected chi connectivity index (χ1v) is 10.6. The molecule has 0 N–H and O–H groups in total. The highest BCUT2D eigenvalue weighted by atomic mass is 16.5. The van der Waals surface area contributed by atoms with Crippen molar-refractivity contribution in [3.05, 3.63) is 70.8 Å². The Morgan fingerprint density at radius 2 is 1.80 bits per heavy atom. The number of rotatable bonds is 3. The van der Waals surface area contributed by atoms with Crippen molar-refractivity contribution >= 4 is 16.8 Å². The van der Waals surface area contributed by atoms with Gasteiger partial charge in [0, 0.05) is 38.9 Å². The fourth-order valence-electron chi connectivity index (χ4n) is 4.61. The van der Waals surface area contributed by atoms with Gasteiger partial charge in [0.1, 0.15) is 11.4 Å². The van der Waals surface area contributed by atoms with Crippen LogP contribution in [0, 0.1) is 0 Å². The number of carbonyl (C=O) groups excluding carboxylic acids is 1. The van der Waals surface area contributed by atoms with Crippen molar-refractivity contribution in [2.45, 2.75) is 44.2 Å². The van der Waals surface area contributed by atoms with Crippen molar-refractivity contribution < 1.29 is 9.53 Å². The SMILES string of the molecule is O=C(CCn1cnc2ccccc2c1=O)N1CCC2(CCc3ccccc3O2)CC1. The summed E-state index contributed by atoms with van der Waals surface area (Å²) in [6.07, 6.45) is 5.58. The molecule has 0 unspecified atom stereocenters. The average Bonchev–Trinajstić information content (AvgIpc) is 2.79. The molecule has 2 aromatic carbocycles. The van der Waals surface area contributed by atoms with Crippen LogP contribution in [0.15, 0.2) is 59.7 Å². The number of aryl methyl sites for hydroxylation is 2. The summed E-state index contributed by atoms with van der Waals surface area (Å²) >= 11 is 0. The molecule has 154 valence electrons. The Hall–Kier alpha value is -3.15. The Balaban J connectivity index is 1.20. The number of likely N-dealkylation sites (tertiary alicyclic amines) is 1. The van der Waals surface area contributed by atoms with Gasteiger partial charge in [0.15, 0.2) is 0 Å². The van der Waals surface area contributed by atoms with Crippen LogP contribution in [0.5, 0.6) is 5.75 Å². The van der Waals surface area contributed by atoms with Crippen molar-refractivity contribution in [2.24, 2.45) is 0 Å². The first-order chi connectivity index (χ1) is 14.6. The number of fused-ring (bicyclic) bond motifs is 2.